The predicted molar refractivity (Wildman–Crippen MR) is 39.8 cm³/mol. The molecular formula is C7H15NO2. The molecule has 0 saturated carbocycles. The van der Waals surface area contributed by atoms with Crippen LogP contribution in [-0.2, 0) is 9.53 Å². The van der Waals surface area contributed by atoms with Crippen molar-refractivity contribution in [3.05, 3.63) is 0 Å². The van der Waals surface area contributed by atoms with Gasteiger partial charge >= 0.3 is 0 Å². The van der Waals surface area contributed by atoms with Gasteiger partial charge in [-0.25, -0.2) is 0 Å². The van der Waals surface area contributed by atoms with Crippen molar-refractivity contribution in [3.63, 3.8) is 0 Å². The van der Waals surface area contributed by atoms with Gasteiger partial charge in [0.15, 0.2) is 0 Å². The minimum Gasteiger partial charge on any atom is -0.471 e. The number of carbonyl (C=O) groups excluding carboxylic acids is 1. The van der Waals surface area contributed by atoms with Crippen LogP contribution < -0.4 is 5.32 Å². The van der Waals surface area contributed by atoms with Crippen LogP contribution in [0.4, 0.5) is 0 Å². The molecule has 1 aliphatic rings. The summed E-state index contributed by atoms with van der Waals surface area (Å²) in [6.45, 7) is 3.84. The lowest BCUT2D eigenvalue weighted by atomic mass is 10.3. The second kappa shape index (κ2) is 6.55. The molecule has 10 heavy (non-hydrogen) atoms. The van der Waals surface area contributed by atoms with Gasteiger partial charge in [0, 0.05) is 6.04 Å². The maximum atomic E-state index is 8.95. The Morgan fingerprint density at radius 3 is 2.40 bits per heavy atom. The Bertz CT molecular complexity index is 79.7. The summed E-state index contributed by atoms with van der Waals surface area (Å²) < 4.78 is 3.86. The fourth-order valence-corrected chi connectivity index (χ4v) is 0.859. The highest BCUT2D eigenvalue weighted by atomic mass is 16.5. The quantitative estimate of drug-likeness (QED) is 0.547. The third kappa shape index (κ3) is 5.56. The number of methoxy groups -OCH3 is 1. The van der Waals surface area contributed by atoms with E-state index in [1.54, 1.807) is 0 Å². The first-order valence-corrected chi connectivity index (χ1v) is 3.51. The standard InChI is InChI=1S/C5H11N.C2H4O2/c1-5-3-2-4-6-5;1-4-2-3/h5-6H,2-4H2,1H3;2H,1H3. The first kappa shape index (κ1) is 9.43. The Hall–Kier alpha value is -0.570. The van der Waals surface area contributed by atoms with Crippen LogP contribution in [0.15, 0.2) is 0 Å². The van der Waals surface area contributed by atoms with E-state index in [4.69, 9.17) is 4.79 Å². The first-order valence-electron chi connectivity index (χ1n) is 3.51. The lowest BCUT2D eigenvalue weighted by Gasteiger charge is -1.95. The minimum atomic E-state index is 0.375. The lowest BCUT2D eigenvalue weighted by molar-refractivity contribution is -0.126. The van der Waals surface area contributed by atoms with E-state index in [2.05, 4.69) is 17.0 Å². The zero-order chi connectivity index (χ0) is 7.82. The number of ether oxygens (including phenoxy) is 1. The van der Waals surface area contributed by atoms with Crippen molar-refractivity contribution < 1.29 is 9.53 Å². The van der Waals surface area contributed by atoms with E-state index < -0.39 is 0 Å². The van der Waals surface area contributed by atoms with Crippen LogP contribution >= 0.6 is 0 Å². The molecule has 1 heterocycles. The molecule has 1 N–H and O–H groups in total. The fraction of sp³-hybridized carbons (Fsp3) is 0.857. The molecule has 1 rings (SSSR count). The van der Waals surface area contributed by atoms with Crippen molar-refractivity contribution in [2.45, 2.75) is 25.8 Å². The SMILES string of the molecule is CC1CCCN1.COC=O. The van der Waals surface area contributed by atoms with E-state index in [-0.39, 0.29) is 0 Å². The van der Waals surface area contributed by atoms with Crippen LogP contribution in [0.2, 0.25) is 0 Å². The first-order chi connectivity index (χ1) is 4.81. The highest BCUT2D eigenvalue weighted by molar-refractivity contribution is 5.36. The van der Waals surface area contributed by atoms with Crippen molar-refractivity contribution in [2.24, 2.45) is 0 Å². The summed E-state index contributed by atoms with van der Waals surface area (Å²) in [7, 11) is 1.31. The van der Waals surface area contributed by atoms with E-state index in [0.29, 0.717) is 6.47 Å². The van der Waals surface area contributed by atoms with Crippen LogP contribution in [0.5, 0.6) is 0 Å². The molecule has 0 aromatic carbocycles. The van der Waals surface area contributed by atoms with Gasteiger partial charge < -0.3 is 10.1 Å². The maximum Gasteiger partial charge on any atom is 0.292 e. The molecule has 0 spiro atoms. The number of carbonyl (C=O) groups is 1. The van der Waals surface area contributed by atoms with E-state index in [9.17, 15) is 0 Å². The zero-order valence-electron chi connectivity index (χ0n) is 6.59. The average molecular weight is 145 g/mol. The van der Waals surface area contributed by atoms with Gasteiger partial charge in [0.1, 0.15) is 0 Å². The summed E-state index contributed by atoms with van der Waals surface area (Å²) in [5.41, 5.74) is 0. The number of hydrogen-bond acceptors (Lipinski definition) is 3. The summed E-state index contributed by atoms with van der Waals surface area (Å²) in [5, 5.41) is 3.32. The smallest absolute Gasteiger partial charge is 0.292 e. The highest BCUT2D eigenvalue weighted by Crippen LogP contribution is 2.01. The molecule has 0 aromatic heterocycles. The van der Waals surface area contributed by atoms with Crippen LogP contribution in [0.1, 0.15) is 19.8 Å². The van der Waals surface area contributed by atoms with Gasteiger partial charge in [-0.3, -0.25) is 4.79 Å². The van der Waals surface area contributed by atoms with Gasteiger partial charge in [-0.15, -0.1) is 0 Å². The van der Waals surface area contributed by atoms with Gasteiger partial charge in [0.2, 0.25) is 0 Å². The predicted octanol–water partition coefficient (Wildman–Crippen LogP) is 0.547. The van der Waals surface area contributed by atoms with Crippen molar-refractivity contribution >= 4 is 6.47 Å². The maximum absolute atomic E-state index is 8.95. The summed E-state index contributed by atoms with van der Waals surface area (Å²) in [5.74, 6) is 0. The Kier molecular flexibility index (Phi) is 6.18. The normalized spacial score (nSPS) is 22.8. The van der Waals surface area contributed by atoms with Crippen molar-refractivity contribution in [2.75, 3.05) is 13.7 Å². The Morgan fingerprint density at radius 1 is 1.70 bits per heavy atom. The van der Waals surface area contributed by atoms with Crippen LogP contribution in [0.3, 0.4) is 0 Å². The largest absolute Gasteiger partial charge is 0.471 e. The van der Waals surface area contributed by atoms with Crippen molar-refractivity contribution in [1.29, 1.82) is 0 Å². The Labute approximate surface area is 61.8 Å². The second-order valence-electron chi connectivity index (χ2n) is 2.33. The molecule has 1 aliphatic heterocycles. The summed E-state index contributed by atoms with van der Waals surface area (Å²) >= 11 is 0. The van der Waals surface area contributed by atoms with Gasteiger partial charge in [0.05, 0.1) is 7.11 Å². The van der Waals surface area contributed by atoms with E-state index in [1.165, 1.54) is 26.5 Å². The average Bonchev–Trinajstić information content (AvgIpc) is 2.40. The van der Waals surface area contributed by atoms with Crippen LogP contribution in [-0.4, -0.2) is 26.2 Å². The third-order valence-electron chi connectivity index (χ3n) is 1.40. The lowest BCUT2D eigenvalue weighted by Crippen LogP contribution is -2.16. The zero-order valence-corrected chi connectivity index (χ0v) is 6.59. The molecule has 1 fully saturated rings. The van der Waals surface area contributed by atoms with Crippen molar-refractivity contribution in [3.8, 4) is 0 Å². The Balaban J connectivity index is 0.000000180. The van der Waals surface area contributed by atoms with Gasteiger partial charge in [-0.2, -0.15) is 0 Å². The second-order valence-corrected chi connectivity index (χ2v) is 2.33. The van der Waals surface area contributed by atoms with Crippen LogP contribution in [0.25, 0.3) is 0 Å². The molecule has 60 valence electrons. The third-order valence-corrected chi connectivity index (χ3v) is 1.40. The van der Waals surface area contributed by atoms with Crippen molar-refractivity contribution in [1.82, 2.24) is 5.32 Å². The highest BCUT2D eigenvalue weighted by Gasteiger charge is 2.05. The molecule has 1 atom stereocenters. The molecule has 3 heteroatoms. The fourth-order valence-electron chi connectivity index (χ4n) is 0.859. The Morgan fingerprint density at radius 2 is 2.30 bits per heavy atom. The number of hydrogen-bond donors (Lipinski definition) is 1. The van der Waals surface area contributed by atoms with Gasteiger partial charge in [-0.05, 0) is 26.3 Å². The van der Waals surface area contributed by atoms with E-state index in [1.807, 2.05) is 0 Å². The monoisotopic (exact) mass is 145 g/mol. The van der Waals surface area contributed by atoms with Gasteiger partial charge in [-0.1, -0.05) is 0 Å². The summed E-state index contributed by atoms with van der Waals surface area (Å²) in [4.78, 5) is 8.95. The molecule has 0 radical (unpaired) electrons. The molecule has 0 aliphatic carbocycles. The summed E-state index contributed by atoms with van der Waals surface area (Å²) in [6, 6.07) is 0.796. The molecule has 0 amide bonds. The molecule has 3 nitrogen and oxygen atoms in total. The topological polar surface area (TPSA) is 38.3 Å². The van der Waals surface area contributed by atoms with E-state index in [0.717, 1.165) is 6.04 Å². The van der Waals surface area contributed by atoms with Gasteiger partial charge in [0.25, 0.3) is 6.47 Å². The van der Waals surface area contributed by atoms with Crippen LogP contribution in [0, 0.1) is 0 Å². The molecule has 0 aromatic rings. The molecular weight excluding hydrogens is 130 g/mol. The van der Waals surface area contributed by atoms with E-state index >= 15 is 0 Å². The molecule has 1 saturated heterocycles. The number of nitrogens with one attached hydrogen (secondary N) is 1. The summed E-state index contributed by atoms with van der Waals surface area (Å²) in [6.07, 6.45) is 2.75. The molecule has 1 unspecified atom stereocenters. The minimum absolute atomic E-state index is 0.375. The molecule has 0 bridgehead atoms. The number of rotatable bonds is 1.